The number of hydrogen-bond donors (Lipinski definition) is 0. The van der Waals surface area contributed by atoms with Crippen LogP contribution in [0.2, 0.25) is 0 Å². The van der Waals surface area contributed by atoms with E-state index in [1.165, 1.54) is 103 Å². The van der Waals surface area contributed by atoms with Gasteiger partial charge in [-0.3, -0.25) is 0 Å². The van der Waals surface area contributed by atoms with Gasteiger partial charge in [0, 0.05) is 0 Å². The minimum atomic E-state index is 0.896. The molecular formula is C21H45N. The Morgan fingerprint density at radius 1 is 0.500 bits per heavy atom. The Morgan fingerprint density at radius 2 is 0.818 bits per heavy atom. The van der Waals surface area contributed by atoms with Gasteiger partial charge in [0.25, 0.3) is 0 Å². The van der Waals surface area contributed by atoms with Gasteiger partial charge in [-0.25, -0.2) is 0 Å². The molecule has 0 aliphatic heterocycles. The van der Waals surface area contributed by atoms with Crippen LogP contribution in [0.1, 0.15) is 110 Å². The maximum absolute atomic E-state index is 2.34. The lowest BCUT2D eigenvalue weighted by atomic mass is 10.0. The summed E-state index contributed by atoms with van der Waals surface area (Å²) in [5.74, 6) is 0.896. The highest BCUT2D eigenvalue weighted by atomic mass is 15.0. The molecule has 0 aromatic heterocycles. The van der Waals surface area contributed by atoms with Crippen molar-refractivity contribution in [3.8, 4) is 0 Å². The molecule has 0 rings (SSSR count). The molecular weight excluding hydrogens is 266 g/mol. The Bertz CT molecular complexity index is 176. The Balaban J connectivity index is 2.97. The van der Waals surface area contributed by atoms with Gasteiger partial charge in [0.15, 0.2) is 0 Å². The van der Waals surface area contributed by atoms with Crippen LogP contribution >= 0.6 is 0 Å². The largest absolute Gasteiger partial charge is 0.309 e. The summed E-state index contributed by atoms with van der Waals surface area (Å²) in [7, 11) is 4.34. The maximum atomic E-state index is 2.34. The van der Waals surface area contributed by atoms with Crippen molar-refractivity contribution < 1.29 is 0 Å². The van der Waals surface area contributed by atoms with Crippen molar-refractivity contribution in [3.05, 3.63) is 0 Å². The average Bonchev–Trinajstić information content (AvgIpc) is 2.46. The fourth-order valence-corrected chi connectivity index (χ4v) is 3.10. The molecule has 0 fully saturated rings. The molecule has 0 spiro atoms. The Labute approximate surface area is 142 Å². The van der Waals surface area contributed by atoms with E-state index in [0.717, 1.165) is 5.92 Å². The lowest BCUT2D eigenvalue weighted by Crippen LogP contribution is -2.12. The first-order chi connectivity index (χ1) is 10.6. The summed E-state index contributed by atoms with van der Waals surface area (Å²) in [5.41, 5.74) is 0. The summed E-state index contributed by atoms with van der Waals surface area (Å²) in [5, 5.41) is 0. The van der Waals surface area contributed by atoms with Crippen molar-refractivity contribution in [1.29, 1.82) is 0 Å². The van der Waals surface area contributed by atoms with Crippen LogP contribution in [0, 0.1) is 5.92 Å². The van der Waals surface area contributed by atoms with Crippen LogP contribution in [-0.4, -0.2) is 25.5 Å². The number of hydrogen-bond acceptors (Lipinski definition) is 1. The van der Waals surface area contributed by atoms with E-state index in [-0.39, 0.29) is 0 Å². The number of nitrogens with zero attached hydrogens (tertiary/aromatic N) is 1. The lowest BCUT2D eigenvalue weighted by molar-refractivity contribution is 0.389. The second-order valence-corrected chi connectivity index (χ2v) is 7.94. The molecule has 22 heavy (non-hydrogen) atoms. The summed E-state index contributed by atoms with van der Waals surface area (Å²) >= 11 is 0. The van der Waals surface area contributed by atoms with Gasteiger partial charge in [0.1, 0.15) is 0 Å². The van der Waals surface area contributed by atoms with Gasteiger partial charge in [-0.1, -0.05) is 104 Å². The van der Waals surface area contributed by atoms with Gasteiger partial charge in [-0.15, -0.1) is 0 Å². The van der Waals surface area contributed by atoms with E-state index >= 15 is 0 Å². The molecule has 0 radical (unpaired) electrons. The Morgan fingerprint density at radius 3 is 1.14 bits per heavy atom. The van der Waals surface area contributed by atoms with Crippen molar-refractivity contribution in [2.75, 3.05) is 20.6 Å². The van der Waals surface area contributed by atoms with Crippen LogP contribution in [0.25, 0.3) is 0 Å². The highest BCUT2D eigenvalue weighted by Crippen LogP contribution is 2.14. The molecule has 0 saturated carbocycles. The zero-order chi connectivity index (χ0) is 16.5. The van der Waals surface area contributed by atoms with Crippen molar-refractivity contribution in [3.63, 3.8) is 0 Å². The van der Waals surface area contributed by atoms with E-state index in [2.05, 4.69) is 32.8 Å². The predicted molar refractivity (Wildman–Crippen MR) is 103 cm³/mol. The quantitative estimate of drug-likeness (QED) is 0.260. The molecule has 0 N–H and O–H groups in total. The van der Waals surface area contributed by atoms with Crippen LogP contribution in [0.3, 0.4) is 0 Å². The van der Waals surface area contributed by atoms with E-state index < -0.39 is 0 Å². The molecule has 0 heterocycles. The number of unbranched alkanes of at least 4 members (excludes halogenated alkanes) is 13. The molecule has 134 valence electrons. The molecule has 0 unspecified atom stereocenters. The number of rotatable bonds is 17. The zero-order valence-corrected chi connectivity index (χ0v) is 16.3. The Hall–Kier alpha value is -0.0400. The van der Waals surface area contributed by atoms with Crippen molar-refractivity contribution in [1.82, 2.24) is 4.90 Å². The zero-order valence-electron chi connectivity index (χ0n) is 16.3. The van der Waals surface area contributed by atoms with Crippen molar-refractivity contribution >= 4 is 0 Å². The smallest absolute Gasteiger partial charge is 0.00248 e. The molecule has 0 aliphatic carbocycles. The van der Waals surface area contributed by atoms with Gasteiger partial charge in [-0.2, -0.15) is 0 Å². The molecule has 0 aromatic rings. The van der Waals surface area contributed by atoms with Crippen molar-refractivity contribution in [2.24, 2.45) is 5.92 Å². The van der Waals surface area contributed by atoms with E-state index in [9.17, 15) is 0 Å². The van der Waals surface area contributed by atoms with Crippen molar-refractivity contribution in [2.45, 2.75) is 110 Å². The van der Waals surface area contributed by atoms with Gasteiger partial charge >= 0.3 is 0 Å². The first-order valence-electron chi connectivity index (χ1n) is 10.3. The van der Waals surface area contributed by atoms with Gasteiger partial charge < -0.3 is 4.90 Å². The lowest BCUT2D eigenvalue weighted by Gasteiger charge is -2.08. The van der Waals surface area contributed by atoms with Crippen LogP contribution in [0.5, 0.6) is 0 Å². The predicted octanol–water partition coefficient (Wildman–Crippen LogP) is 7.06. The van der Waals surface area contributed by atoms with Gasteiger partial charge in [0.05, 0.1) is 0 Å². The van der Waals surface area contributed by atoms with E-state index in [1.54, 1.807) is 0 Å². The third kappa shape index (κ3) is 20.0. The van der Waals surface area contributed by atoms with Crippen LogP contribution in [0.4, 0.5) is 0 Å². The fraction of sp³-hybridized carbons (Fsp3) is 1.00. The molecule has 0 amide bonds. The van der Waals surface area contributed by atoms with E-state index in [0.29, 0.717) is 0 Å². The van der Waals surface area contributed by atoms with Crippen LogP contribution in [0.15, 0.2) is 0 Å². The normalized spacial score (nSPS) is 11.7. The summed E-state index contributed by atoms with van der Waals surface area (Å²) in [6.07, 6.45) is 21.9. The monoisotopic (exact) mass is 311 g/mol. The summed E-state index contributed by atoms with van der Waals surface area (Å²) < 4.78 is 0. The first kappa shape index (κ1) is 22.0. The summed E-state index contributed by atoms with van der Waals surface area (Å²) in [6.45, 7) is 5.94. The summed E-state index contributed by atoms with van der Waals surface area (Å²) in [4.78, 5) is 2.30. The Kier molecular flexibility index (Phi) is 17.3. The van der Waals surface area contributed by atoms with E-state index in [4.69, 9.17) is 0 Å². The molecule has 1 nitrogen and oxygen atoms in total. The minimum Gasteiger partial charge on any atom is -0.309 e. The molecule has 1 heteroatoms. The minimum absolute atomic E-state index is 0.896. The van der Waals surface area contributed by atoms with E-state index in [1.807, 2.05) is 0 Å². The summed E-state index contributed by atoms with van der Waals surface area (Å²) in [6, 6.07) is 0. The standard InChI is InChI=1S/C21H45N/c1-21(2)19-17-15-13-11-9-7-5-6-8-10-12-14-16-18-20-22(3)4/h21H,5-20H2,1-4H3. The first-order valence-corrected chi connectivity index (χ1v) is 10.3. The average molecular weight is 312 g/mol. The second kappa shape index (κ2) is 17.3. The highest BCUT2D eigenvalue weighted by Gasteiger charge is 1.96. The molecule has 0 aliphatic rings. The molecule has 0 atom stereocenters. The van der Waals surface area contributed by atoms with Gasteiger partial charge in [0.2, 0.25) is 0 Å². The second-order valence-electron chi connectivity index (χ2n) is 7.94. The SMILES string of the molecule is CC(C)CCCCCCCCCCCCCCCCN(C)C. The van der Waals surface area contributed by atoms with Gasteiger partial charge in [-0.05, 0) is 33.0 Å². The third-order valence-corrected chi connectivity index (χ3v) is 4.64. The van der Waals surface area contributed by atoms with Crippen LogP contribution in [-0.2, 0) is 0 Å². The highest BCUT2D eigenvalue weighted by molar-refractivity contribution is 4.51. The van der Waals surface area contributed by atoms with Crippen LogP contribution < -0.4 is 0 Å². The fourth-order valence-electron chi connectivity index (χ4n) is 3.10. The molecule has 0 aromatic carbocycles. The third-order valence-electron chi connectivity index (χ3n) is 4.64. The maximum Gasteiger partial charge on any atom is -0.00248 e. The molecule has 0 saturated heterocycles. The molecule has 0 bridgehead atoms. The topological polar surface area (TPSA) is 3.24 Å².